The van der Waals surface area contributed by atoms with Gasteiger partial charge in [-0.1, -0.05) is 13.8 Å². The van der Waals surface area contributed by atoms with Gasteiger partial charge in [0.2, 0.25) is 0 Å². The molecule has 1 atom stereocenters. The molecular weight excluding hydrogens is 226 g/mol. The Kier molecular flexibility index (Phi) is 3.65. The van der Waals surface area contributed by atoms with Gasteiger partial charge in [-0.05, 0) is 31.5 Å². The minimum Gasteiger partial charge on any atom is -0.350 e. The van der Waals surface area contributed by atoms with Gasteiger partial charge in [-0.15, -0.1) is 0 Å². The second-order valence-electron chi connectivity index (χ2n) is 4.55. The molecule has 2 aromatic rings. The summed E-state index contributed by atoms with van der Waals surface area (Å²) in [5.41, 5.74) is 2.50. The number of fused-ring (bicyclic) bond motifs is 1. The summed E-state index contributed by atoms with van der Waals surface area (Å²) < 4.78 is 0. The monoisotopic (exact) mass is 245 g/mol. The van der Waals surface area contributed by atoms with E-state index in [4.69, 9.17) is 0 Å². The number of aromatic amines is 1. The minimum atomic E-state index is -0.0288. The van der Waals surface area contributed by atoms with Crippen molar-refractivity contribution in [2.24, 2.45) is 0 Å². The number of nitrogens with one attached hydrogen (secondary N) is 2. The predicted molar refractivity (Wildman–Crippen MR) is 72.7 cm³/mol. The average molecular weight is 245 g/mol. The van der Waals surface area contributed by atoms with Gasteiger partial charge in [0.25, 0.3) is 5.91 Å². The molecule has 4 nitrogen and oxygen atoms in total. The summed E-state index contributed by atoms with van der Waals surface area (Å²) >= 11 is 0. The number of imidazole rings is 1. The average Bonchev–Trinajstić information content (AvgIpc) is 2.80. The third kappa shape index (κ3) is 2.53. The molecule has 1 unspecified atom stereocenters. The highest BCUT2D eigenvalue weighted by atomic mass is 16.1. The third-order valence-electron chi connectivity index (χ3n) is 3.12. The molecule has 2 rings (SSSR count). The number of benzene rings is 1. The van der Waals surface area contributed by atoms with Crippen LogP contribution in [0.2, 0.25) is 0 Å². The summed E-state index contributed by atoms with van der Waals surface area (Å²) in [5, 5.41) is 2.96. The molecule has 0 aliphatic rings. The first-order valence-corrected chi connectivity index (χ1v) is 6.43. The number of H-pyrrole nitrogens is 1. The van der Waals surface area contributed by atoms with Crippen molar-refractivity contribution in [1.29, 1.82) is 0 Å². The topological polar surface area (TPSA) is 57.8 Å². The van der Waals surface area contributed by atoms with Crippen LogP contribution in [0.15, 0.2) is 18.2 Å². The summed E-state index contributed by atoms with van der Waals surface area (Å²) in [7, 11) is 0. The second-order valence-corrected chi connectivity index (χ2v) is 4.55. The zero-order valence-corrected chi connectivity index (χ0v) is 11.1. The molecule has 0 saturated carbocycles. The van der Waals surface area contributed by atoms with Crippen molar-refractivity contribution in [3.05, 3.63) is 29.6 Å². The molecule has 0 radical (unpaired) electrons. The van der Waals surface area contributed by atoms with E-state index in [-0.39, 0.29) is 11.9 Å². The number of rotatable bonds is 4. The number of aryl methyl sites for hydroxylation is 1. The number of carbonyl (C=O) groups is 1. The van der Waals surface area contributed by atoms with Crippen molar-refractivity contribution in [3.8, 4) is 0 Å². The molecular formula is C14H19N3O. The number of hydrogen-bond acceptors (Lipinski definition) is 2. The smallest absolute Gasteiger partial charge is 0.251 e. The molecule has 4 heteroatoms. The van der Waals surface area contributed by atoms with Crippen molar-refractivity contribution in [2.45, 2.75) is 39.7 Å². The first-order chi connectivity index (χ1) is 8.63. The van der Waals surface area contributed by atoms with Crippen LogP contribution in [0, 0.1) is 0 Å². The van der Waals surface area contributed by atoms with Crippen molar-refractivity contribution in [2.75, 3.05) is 0 Å². The summed E-state index contributed by atoms with van der Waals surface area (Å²) in [6.45, 7) is 6.10. The molecule has 18 heavy (non-hydrogen) atoms. The lowest BCUT2D eigenvalue weighted by atomic mass is 10.1. The number of carbonyl (C=O) groups excluding carboxylic acids is 1. The maximum absolute atomic E-state index is 12.0. The molecule has 0 bridgehead atoms. The highest BCUT2D eigenvalue weighted by Crippen LogP contribution is 2.14. The van der Waals surface area contributed by atoms with Crippen LogP contribution in [-0.4, -0.2) is 21.9 Å². The van der Waals surface area contributed by atoms with Gasteiger partial charge in [-0.3, -0.25) is 4.79 Å². The first-order valence-electron chi connectivity index (χ1n) is 6.43. The predicted octanol–water partition coefficient (Wildman–Crippen LogP) is 2.65. The van der Waals surface area contributed by atoms with Gasteiger partial charge < -0.3 is 10.3 Å². The normalized spacial score (nSPS) is 12.6. The zero-order valence-electron chi connectivity index (χ0n) is 11.1. The molecule has 0 spiro atoms. The Bertz CT molecular complexity index is 559. The largest absolute Gasteiger partial charge is 0.350 e. The van der Waals surface area contributed by atoms with Gasteiger partial charge in [0.15, 0.2) is 0 Å². The molecule has 0 fully saturated rings. The van der Waals surface area contributed by atoms with Crippen LogP contribution in [0.3, 0.4) is 0 Å². The van der Waals surface area contributed by atoms with Crippen LogP contribution in [0.5, 0.6) is 0 Å². The van der Waals surface area contributed by atoms with E-state index in [1.54, 1.807) is 0 Å². The number of nitrogens with zero attached hydrogens (tertiary/aromatic N) is 1. The molecule has 1 aromatic heterocycles. The Morgan fingerprint density at radius 1 is 1.44 bits per heavy atom. The first kappa shape index (κ1) is 12.6. The van der Waals surface area contributed by atoms with Crippen LogP contribution in [0.25, 0.3) is 11.0 Å². The van der Waals surface area contributed by atoms with Crippen LogP contribution >= 0.6 is 0 Å². The fourth-order valence-corrected chi connectivity index (χ4v) is 1.78. The standard InChI is InChI=1S/C14H19N3O/c1-4-9(3)15-14(18)10-6-7-11-12(8-10)17-13(5-2)16-11/h6-9H,4-5H2,1-3H3,(H,15,18)(H,16,17). The quantitative estimate of drug-likeness (QED) is 0.870. The molecule has 1 amide bonds. The van der Waals surface area contributed by atoms with Crippen LogP contribution < -0.4 is 5.32 Å². The van der Waals surface area contributed by atoms with Crippen molar-refractivity contribution in [1.82, 2.24) is 15.3 Å². The van der Waals surface area contributed by atoms with Gasteiger partial charge >= 0.3 is 0 Å². The van der Waals surface area contributed by atoms with E-state index in [2.05, 4.69) is 22.2 Å². The van der Waals surface area contributed by atoms with E-state index in [0.29, 0.717) is 5.56 Å². The Labute approximate surface area is 107 Å². The zero-order chi connectivity index (χ0) is 13.1. The highest BCUT2D eigenvalue weighted by Gasteiger charge is 2.10. The summed E-state index contributed by atoms with van der Waals surface area (Å²) in [4.78, 5) is 19.6. The van der Waals surface area contributed by atoms with Crippen molar-refractivity contribution >= 4 is 16.9 Å². The molecule has 1 heterocycles. The van der Waals surface area contributed by atoms with E-state index >= 15 is 0 Å². The molecule has 1 aromatic carbocycles. The van der Waals surface area contributed by atoms with E-state index in [1.807, 2.05) is 32.0 Å². The van der Waals surface area contributed by atoms with E-state index in [0.717, 1.165) is 29.7 Å². The summed E-state index contributed by atoms with van der Waals surface area (Å²) in [5.74, 6) is 0.920. The highest BCUT2D eigenvalue weighted by molar-refractivity contribution is 5.97. The van der Waals surface area contributed by atoms with Gasteiger partial charge in [-0.25, -0.2) is 4.98 Å². The summed E-state index contributed by atoms with van der Waals surface area (Å²) in [6.07, 6.45) is 1.79. The maximum atomic E-state index is 12.0. The molecule has 0 saturated heterocycles. The fraction of sp³-hybridized carbons (Fsp3) is 0.429. The van der Waals surface area contributed by atoms with E-state index in [1.165, 1.54) is 0 Å². The van der Waals surface area contributed by atoms with Gasteiger partial charge in [0.05, 0.1) is 11.0 Å². The van der Waals surface area contributed by atoms with Gasteiger partial charge in [0, 0.05) is 18.0 Å². The Hall–Kier alpha value is -1.84. The molecule has 96 valence electrons. The van der Waals surface area contributed by atoms with E-state index in [9.17, 15) is 4.79 Å². The van der Waals surface area contributed by atoms with Crippen LogP contribution in [0.1, 0.15) is 43.4 Å². The lowest BCUT2D eigenvalue weighted by molar-refractivity contribution is 0.0939. The minimum absolute atomic E-state index is 0.0288. The molecule has 0 aliphatic heterocycles. The second kappa shape index (κ2) is 5.21. The maximum Gasteiger partial charge on any atom is 0.251 e. The van der Waals surface area contributed by atoms with Gasteiger partial charge in [0.1, 0.15) is 5.82 Å². The van der Waals surface area contributed by atoms with E-state index < -0.39 is 0 Å². The van der Waals surface area contributed by atoms with Gasteiger partial charge in [-0.2, -0.15) is 0 Å². The molecule has 0 aliphatic carbocycles. The fourth-order valence-electron chi connectivity index (χ4n) is 1.78. The number of hydrogen-bond donors (Lipinski definition) is 2. The Morgan fingerprint density at radius 3 is 2.89 bits per heavy atom. The number of amides is 1. The van der Waals surface area contributed by atoms with Crippen molar-refractivity contribution < 1.29 is 4.79 Å². The van der Waals surface area contributed by atoms with Crippen LogP contribution in [-0.2, 0) is 6.42 Å². The third-order valence-corrected chi connectivity index (χ3v) is 3.12. The Balaban J connectivity index is 2.26. The lowest BCUT2D eigenvalue weighted by Gasteiger charge is -2.11. The summed E-state index contributed by atoms with van der Waals surface area (Å²) in [6, 6.07) is 5.76. The Morgan fingerprint density at radius 2 is 2.22 bits per heavy atom. The SMILES string of the molecule is CCc1nc2ccc(C(=O)NC(C)CC)cc2[nH]1. The molecule has 2 N–H and O–H groups in total. The number of aromatic nitrogens is 2. The van der Waals surface area contributed by atoms with Crippen LogP contribution in [0.4, 0.5) is 0 Å². The lowest BCUT2D eigenvalue weighted by Crippen LogP contribution is -2.31. The van der Waals surface area contributed by atoms with Crippen molar-refractivity contribution in [3.63, 3.8) is 0 Å².